The van der Waals surface area contributed by atoms with Crippen molar-refractivity contribution >= 4 is 0 Å². The molecule has 0 fully saturated rings. The van der Waals surface area contributed by atoms with E-state index in [9.17, 15) is 0 Å². The van der Waals surface area contributed by atoms with Crippen molar-refractivity contribution in [2.24, 2.45) is 16.9 Å². The quantitative estimate of drug-likeness (QED) is 0.609. The van der Waals surface area contributed by atoms with E-state index in [0.29, 0.717) is 0 Å². The van der Waals surface area contributed by atoms with E-state index in [2.05, 4.69) is 13.8 Å². The van der Waals surface area contributed by atoms with Gasteiger partial charge in [0.2, 0.25) is 0 Å². The Morgan fingerprint density at radius 2 is 1.40 bits per heavy atom. The molecule has 1 unspecified atom stereocenters. The summed E-state index contributed by atoms with van der Waals surface area (Å²) in [6, 6.07) is 0.132. The molecule has 0 aromatic heterocycles. The molecule has 0 saturated heterocycles. The average molecular weight is 144 g/mol. The van der Waals surface area contributed by atoms with Crippen LogP contribution in [0.5, 0.6) is 0 Å². The van der Waals surface area contributed by atoms with Crippen LogP contribution in [0.25, 0.3) is 0 Å². The monoisotopic (exact) mass is 144 g/mol. The summed E-state index contributed by atoms with van der Waals surface area (Å²) in [5, 5.41) is 0. The SMILES string of the molecule is CC(N)C(C)(C)C(C)(C)N. The summed E-state index contributed by atoms with van der Waals surface area (Å²) in [6.07, 6.45) is 0. The van der Waals surface area contributed by atoms with Crippen LogP contribution in [0.4, 0.5) is 0 Å². The summed E-state index contributed by atoms with van der Waals surface area (Å²) in [5.41, 5.74) is 11.5. The van der Waals surface area contributed by atoms with E-state index in [0.717, 1.165) is 0 Å². The molecular formula is C8H20N2. The Morgan fingerprint density at radius 1 is 1.10 bits per heavy atom. The molecule has 0 aromatic rings. The minimum atomic E-state index is -0.207. The third-order valence-corrected chi connectivity index (χ3v) is 2.80. The zero-order valence-corrected chi connectivity index (χ0v) is 7.73. The van der Waals surface area contributed by atoms with Gasteiger partial charge in [-0.1, -0.05) is 13.8 Å². The molecule has 0 heterocycles. The van der Waals surface area contributed by atoms with Gasteiger partial charge in [0.15, 0.2) is 0 Å². The first-order valence-corrected chi connectivity index (χ1v) is 3.74. The molecule has 0 radical (unpaired) electrons. The largest absolute Gasteiger partial charge is 0.327 e. The van der Waals surface area contributed by atoms with Crippen molar-refractivity contribution in [3.8, 4) is 0 Å². The number of hydrogen-bond acceptors (Lipinski definition) is 2. The number of nitrogens with two attached hydrogens (primary N) is 2. The van der Waals surface area contributed by atoms with Gasteiger partial charge in [-0.15, -0.1) is 0 Å². The van der Waals surface area contributed by atoms with Gasteiger partial charge in [-0.25, -0.2) is 0 Å². The molecule has 2 nitrogen and oxygen atoms in total. The van der Waals surface area contributed by atoms with Gasteiger partial charge >= 0.3 is 0 Å². The normalized spacial score (nSPS) is 17.1. The highest BCUT2D eigenvalue weighted by molar-refractivity contribution is 4.94. The van der Waals surface area contributed by atoms with Crippen molar-refractivity contribution in [3.63, 3.8) is 0 Å². The van der Waals surface area contributed by atoms with Crippen LogP contribution in [0.15, 0.2) is 0 Å². The van der Waals surface area contributed by atoms with Crippen molar-refractivity contribution < 1.29 is 0 Å². The molecule has 4 N–H and O–H groups in total. The lowest BCUT2D eigenvalue weighted by atomic mass is 9.71. The standard InChI is InChI=1S/C8H20N2/c1-6(9)7(2,3)8(4,5)10/h6H,9-10H2,1-5H3. The van der Waals surface area contributed by atoms with Gasteiger partial charge in [0.1, 0.15) is 0 Å². The zero-order valence-electron chi connectivity index (χ0n) is 7.73. The second kappa shape index (κ2) is 2.51. The molecule has 0 aliphatic rings. The summed E-state index contributed by atoms with van der Waals surface area (Å²) in [6.45, 7) is 10.2. The van der Waals surface area contributed by atoms with E-state index in [1.165, 1.54) is 0 Å². The van der Waals surface area contributed by atoms with Crippen LogP contribution < -0.4 is 11.5 Å². The Kier molecular flexibility index (Phi) is 2.49. The Balaban J connectivity index is 4.40. The molecule has 10 heavy (non-hydrogen) atoms. The van der Waals surface area contributed by atoms with Crippen LogP contribution in [0.1, 0.15) is 34.6 Å². The van der Waals surface area contributed by atoms with Crippen molar-refractivity contribution in [2.45, 2.75) is 46.2 Å². The summed E-state index contributed by atoms with van der Waals surface area (Å²) in [4.78, 5) is 0. The Labute approximate surface area is 64.0 Å². The van der Waals surface area contributed by atoms with Crippen LogP contribution in [0.2, 0.25) is 0 Å². The molecule has 0 amide bonds. The van der Waals surface area contributed by atoms with Crippen molar-refractivity contribution in [1.82, 2.24) is 0 Å². The first kappa shape index (κ1) is 9.92. The predicted molar refractivity (Wildman–Crippen MR) is 45.7 cm³/mol. The van der Waals surface area contributed by atoms with E-state index in [4.69, 9.17) is 11.5 Å². The molecule has 0 spiro atoms. The maximum absolute atomic E-state index is 5.93. The van der Waals surface area contributed by atoms with Gasteiger partial charge in [-0.3, -0.25) is 0 Å². The first-order valence-electron chi connectivity index (χ1n) is 3.74. The van der Waals surface area contributed by atoms with Crippen LogP contribution >= 0.6 is 0 Å². The fraction of sp³-hybridized carbons (Fsp3) is 1.00. The van der Waals surface area contributed by atoms with Crippen LogP contribution in [-0.2, 0) is 0 Å². The zero-order chi connectivity index (χ0) is 8.58. The summed E-state index contributed by atoms with van der Waals surface area (Å²) >= 11 is 0. The van der Waals surface area contributed by atoms with Gasteiger partial charge in [0.25, 0.3) is 0 Å². The summed E-state index contributed by atoms with van der Waals surface area (Å²) in [5.74, 6) is 0. The van der Waals surface area contributed by atoms with Crippen molar-refractivity contribution in [1.29, 1.82) is 0 Å². The molecule has 0 aliphatic carbocycles. The lowest BCUT2D eigenvalue weighted by Gasteiger charge is -2.41. The highest BCUT2D eigenvalue weighted by Gasteiger charge is 2.36. The molecule has 0 saturated carbocycles. The van der Waals surface area contributed by atoms with Crippen LogP contribution in [0.3, 0.4) is 0 Å². The molecule has 0 aromatic carbocycles. The van der Waals surface area contributed by atoms with Gasteiger partial charge < -0.3 is 11.5 Å². The third-order valence-electron chi connectivity index (χ3n) is 2.80. The fourth-order valence-corrected chi connectivity index (χ4v) is 0.587. The Bertz CT molecular complexity index is 109. The predicted octanol–water partition coefficient (Wildman–Crippen LogP) is 1.10. The van der Waals surface area contributed by atoms with E-state index in [1.54, 1.807) is 0 Å². The first-order chi connectivity index (χ1) is 4.19. The second-order valence-corrected chi connectivity index (χ2v) is 4.23. The van der Waals surface area contributed by atoms with Gasteiger partial charge in [0, 0.05) is 11.6 Å². The molecule has 0 rings (SSSR count). The molecular weight excluding hydrogens is 124 g/mol. The van der Waals surface area contributed by atoms with Crippen LogP contribution in [0, 0.1) is 5.41 Å². The lowest BCUT2D eigenvalue weighted by molar-refractivity contribution is 0.166. The summed E-state index contributed by atoms with van der Waals surface area (Å²) < 4.78 is 0. The van der Waals surface area contributed by atoms with Crippen molar-refractivity contribution in [2.75, 3.05) is 0 Å². The number of hydrogen-bond donors (Lipinski definition) is 2. The van der Waals surface area contributed by atoms with Crippen molar-refractivity contribution in [3.05, 3.63) is 0 Å². The maximum Gasteiger partial charge on any atom is 0.0163 e. The molecule has 62 valence electrons. The van der Waals surface area contributed by atoms with Crippen LogP contribution in [-0.4, -0.2) is 11.6 Å². The Morgan fingerprint density at radius 3 is 1.40 bits per heavy atom. The minimum Gasteiger partial charge on any atom is -0.327 e. The molecule has 2 heteroatoms. The molecule has 1 atom stereocenters. The van der Waals surface area contributed by atoms with E-state index < -0.39 is 0 Å². The highest BCUT2D eigenvalue weighted by Crippen LogP contribution is 2.30. The average Bonchev–Trinajstić information content (AvgIpc) is 1.62. The molecule has 0 aliphatic heterocycles. The van der Waals surface area contributed by atoms with Gasteiger partial charge in [0.05, 0.1) is 0 Å². The third kappa shape index (κ3) is 1.70. The lowest BCUT2D eigenvalue weighted by Crippen LogP contribution is -2.55. The maximum atomic E-state index is 5.93. The topological polar surface area (TPSA) is 52.0 Å². The second-order valence-electron chi connectivity index (χ2n) is 4.23. The summed E-state index contributed by atoms with van der Waals surface area (Å²) in [7, 11) is 0. The van der Waals surface area contributed by atoms with Gasteiger partial charge in [-0.05, 0) is 26.2 Å². The minimum absolute atomic E-state index is 0.00694. The van der Waals surface area contributed by atoms with E-state index in [1.807, 2.05) is 20.8 Å². The highest BCUT2D eigenvalue weighted by atomic mass is 14.8. The smallest absolute Gasteiger partial charge is 0.0163 e. The van der Waals surface area contributed by atoms with E-state index in [-0.39, 0.29) is 17.0 Å². The van der Waals surface area contributed by atoms with Gasteiger partial charge in [-0.2, -0.15) is 0 Å². The molecule has 0 bridgehead atoms. The van der Waals surface area contributed by atoms with E-state index >= 15 is 0 Å². The Hall–Kier alpha value is -0.0800. The number of rotatable bonds is 2. The fourth-order valence-electron chi connectivity index (χ4n) is 0.587.